The molecular weight excluding hydrogens is 504 g/mol. The van der Waals surface area contributed by atoms with Gasteiger partial charge in [0.2, 0.25) is 5.91 Å². The van der Waals surface area contributed by atoms with Gasteiger partial charge in [-0.1, -0.05) is 18.6 Å². The van der Waals surface area contributed by atoms with Crippen molar-refractivity contribution in [2.45, 2.75) is 65.0 Å². The van der Waals surface area contributed by atoms with Gasteiger partial charge in [0.15, 0.2) is 0 Å². The lowest BCUT2D eigenvalue weighted by atomic mass is 9.57. The lowest BCUT2D eigenvalue weighted by Gasteiger charge is -2.58. The average molecular weight is 545 g/mol. The number of fused-ring (bicyclic) bond motifs is 1. The van der Waals surface area contributed by atoms with Crippen molar-refractivity contribution in [2.24, 2.45) is 18.4 Å². The fourth-order valence-corrected chi connectivity index (χ4v) is 6.47. The van der Waals surface area contributed by atoms with Crippen LogP contribution in [0.5, 0.6) is 0 Å². The number of nitrogens with one attached hydrogen (secondary N) is 1. The zero-order valence-corrected chi connectivity index (χ0v) is 24.1. The molecule has 1 aromatic carbocycles. The molecule has 6 rings (SSSR count). The van der Waals surface area contributed by atoms with E-state index in [0.29, 0.717) is 18.9 Å². The monoisotopic (exact) mass is 544 g/mol. The molecule has 3 aromatic rings. The van der Waals surface area contributed by atoms with E-state index >= 15 is 0 Å². The van der Waals surface area contributed by atoms with Crippen molar-refractivity contribution in [2.75, 3.05) is 31.5 Å². The number of amides is 2. The maximum Gasteiger partial charge on any atom is 0.410 e. The Bertz CT molecular complexity index is 1420. The summed E-state index contributed by atoms with van der Waals surface area (Å²) < 4.78 is 7.46. The van der Waals surface area contributed by atoms with Crippen LogP contribution in [-0.4, -0.2) is 68.3 Å². The number of piperidine rings is 1. The van der Waals surface area contributed by atoms with Crippen LogP contribution in [0, 0.1) is 11.3 Å². The van der Waals surface area contributed by atoms with Crippen LogP contribution in [0.2, 0.25) is 0 Å². The standard InChI is InChI=1S/C31H40N6O3/c1-30(2,3)40-29(39)37-19-31(20-37)14-24(15-31)28(38)34-27-13-23-12-21(8-9-22(23)16-32-27)25-17-33-35(4)26(25)18-36-10-6-5-7-11-36/h8-9,12-13,16-17,24H,5-7,10-11,14-15,18-20H2,1-4H3,(H,32,34,38). The zero-order chi connectivity index (χ0) is 28.1. The third-order valence-corrected chi connectivity index (χ3v) is 8.60. The molecule has 1 saturated carbocycles. The molecule has 2 aromatic heterocycles. The average Bonchev–Trinajstić information content (AvgIpc) is 3.21. The van der Waals surface area contributed by atoms with Gasteiger partial charge in [-0.25, -0.2) is 9.78 Å². The largest absolute Gasteiger partial charge is 0.444 e. The van der Waals surface area contributed by atoms with Crippen LogP contribution in [0.25, 0.3) is 21.9 Å². The number of aryl methyl sites for hydroxylation is 1. The van der Waals surface area contributed by atoms with E-state index in [4.69, 9.17) is 4.74 Å². The minimum Gasteiger partial charge on any atom is -0.444 e. The molecule has 0 radical (unpaired) electrons. The van der Waals surface area contributed by atoms with Crippen LogP contribution in [0.4, 0.5) is 10.6 Å². The Morgan fingerprint density at radius 3 is 2.52 bits per heavy atom. The zero-order valence-electron chi connectivity index (χ0n) is 24.1. The first-order chi connectivity index (χ1) is 19.1. The number of carbonyl (C=O) groups is 2. The van der Waals surface area contributed by atoms with Crippen molar-refractivity contribution in [3.05, 3.63) is 42.4 Å². The Morgan fingerprint density at radius 1 is 1.05 bits per heavy atom. The number of pyridine rings is 1. The highest BCUT2D eigenvalue weighted by atomic mass is 16.6. The molecule has 1 N–H and O–H groups in total. The van der Waals surface area contributed by atoms with E-state index in [0.717, 1.165) is 54.4 Å². The van der Waals surface area contributed by atoms with E-state index in [1.165, 1.54) is 25.0 Å². The van der Waals surface area contributed by atoms with Crippen LogP contribution in [0.3, 0.4) is 0 Å². The highest BCUT2D eigenvalue weighted by Crippen LogP contribution is 2.52. The second kappa shape index (κ2) is 10.2. The second-order valence-electron chi connectivity index (χ2n) is 13.0. The molecule has 9 heteroatoms. The van der Waals surface area contributed by atoms with Gasteiger partial charge in [0.25, 0.3) is 0 Å². The van der Waals surface area contributed by atoms with Crippen molar-refractivity contribution in [3.63, 3.8) is 0 Å². The molecule has 0 bridgehead atoms. The summed E-state index contributed by atoms with van der Waals surface area (Å²) in [6.07, 6.45) is 8.93. The van der Waals surface area contributed by atoms with Crippen molar-refractivity contribution >= 4 is 28.6 Å². The summed E-state index contributed by atoms with van der Waals surface area (Å²) >= 11 is 0. The molecule has 0 unspecified atom stereocenters. The molecule has 3 fully saturated rings. The van der Waals surface area contributed by atoms with Crippen molar-refractivity contribution in [3.8, 4) is 11.1 Å². The van der Waals surface area contributed by atoms with E-state index in [1.54, 1.807) is 4.90 Å². The van der Waals surface area contributed by atoms with Crippen molar-refractivity contribution in [1.82, 2.24) is 24.6 Å². The number of carbonyl (C=O) groups excluding carboxylic acids is 2. The number of ether oxygens (including phenoxy) is 1. The summed E-state index contributed by atoms with van der Waals surface area (Å²) in [6, 6.07) is 8.34. The van der Waals surface area contributed by atoms with Gasteiger partial charge in [-0.15, -0.1) is 0 Å². The topological polar surface area (TPSA) is 92.6 Å². The third kappa shape index (κ3) is 5.44. The Morgan fingerprint density at radius 2 is 1.80 bits per heavy atom. The van der Waals surface area contributed by atoms with Crippen molar-refractivity contribution in [1.29, 1.82) is 0 Å². The maximum atomic E-state index is 13.0. The fraction of sp³-hybridized carbons (Fsp3) is 0.548. The molecule has 9 nitrogen and oxygen atoms in total. The number of benzene rings is 1. The summed E-state index contributed by atoms with van der Waals surface area (Å²) in [5, 5.41) is 9.68. The van der Waals surface area contributed by atoms with Gasteiger partial charge in [0.05, 0.1) is 11.9 Å². The highest BCUT2D eigenvalue weighted by Gasteiger charge is 2.56. The molecule has 212 valence electrons. The third-order valence-electron chi connectivity index (χ3n) is 8.60. The molecule has 3 aliphatic rings. The number of likely N-dealkylation sites (tertiary alicyclic amines) is 2. The minimum atomic E-state index is -0.497. The highest BCUT2D eigenvalue weighted by molar-refractivity contribution is 5.95. The summed E-state index contributed by atoms with van der Waals surface area (Å²) in [6.45, 7) is 10.1. The van der Waals surface area contributed by atoms with Gasteiger partial charge < -0.3 is 15.0 Å². The lowest BCUT2D eigenvalue weighted by Crippen LogP contribution is -2.65. The van der Waals surface area contributed by atoms with Crippen LogP contribution in [0.1, 0.15) is 58.6 Å². The fourth-order valence-electron chi connectivity index (χ4n) is 6.47. The first-order valence-corrected chi connectivity index (χ1v) is 14.5. The van der Waals surface area contributed by atoms with Crippen LogP contribution in [0.15, 0.2) is 36.7 Å². The Balaban J connectivity index is 1.09. The number of anilines is 1. The van der Waals surface area contributed by atoms with Gasteiger partial charge in [-0.3, -0.25) is 14.4 Å². The first kappa shape index (κ1) is 26.7. The van der Waals surface area contributed by atoms with Gasteiger partial charge in [-0.05, 0) is 82.6 Å². The smallest absolute Gasteiger partial charge is 0.410 e. The summed E-state index contributed by atoms with van der Waals surface area (Å²) in [4.78, 5) is 34.0. The predicted molar refractivity (Wildman–Crippen MR) is 155 cm³/mol. The normalized spacial score (nSPS) is 19.4. The SMILES string of the molecule is Cn1ncc(-c2ccc3cnc(NC(=O)C4CC5(C4)CN(C(=O)OC(C)(C)C)C5)cc3c2)c1CN1CCCCC1. The Kier molecular flexibility index (Phi) is 6.81. The Hall–Kier alpha value is -3.46. The second-order valence-corrected chi connectivity index (χ2v) is 13.0. The quantitative estimate of drug-likeness (QED) is 0.474. The van der Waals surface area contributed by atoms with E-state index in [-0.39, 0.29) is 23.3 Å². The molecule has 1 spiro atoms. The molecule has 2 amide bonds. The van der Waals surface area contributed by atoms with Crippen LogP contribution >= 0.6 is 0 Å². The summed E-state index contributed by atoms with van der Waals surface area (Å²) in [5.41, 5.74) is 3.06. The van der Waals surface area contributed by atoms with Gasteiger partial charge >= 0.3 is 6.09 Å². The molecule has 1 aliphatic carbocycles. The van der Waals surface area contributed by atoms with E-state index in [9.17, 15) is 9.59 Å². The van der Waals surface area contributed by atoms with Crippen LogP contribution < -0.4 is 5.32 Å². The van der Waals surface area contributed by atoms with Crippen LogP contribution in [-0.2, 0) is 23.1 Å². The number of rotatable bonds is 5. The molecule has 40 heavy (non-hydrogen) atoms. The van der Waals surface area contributed by atoms with Gasteiger partial charge in [0, 0.05) is 55.2 Å². The molecule has 0 atom stereocenters. The summed E-state index contributed by atoms with van der Waals surface area (Å²) in [7, 11) is 2.02. The van der Waals surface area contributed by atoms with E-state index in [1.807, 2.05) is 51.0 Å². The first-order valence-electron chi connectivity index (χ1n) is 14.5. The van der Waals surface area contributed by atoms with E-state index < -0.39 is 5.60 Å². The maximum absolute atomic E-state index is 13.0. The number of aromatic nitrogens is 3. The summed E-state index contributed by atoms with van der Waals surface area (Å²) in [5.74, 6) is 0.511. The number of hydrogen-bond donors (Lipinski definition) is 1. The number of nitrogens with zero attached hydrogens (tertiary/aromatic N) is 5. The predicted octanol–water partition coefficient (Wildman–Crippen LogP) is 5.21. The number of hydrogen-bond acceptors (Lipinski definition) is 6. The minimum absolute atomic E-state index is 0.000393. The van der Waals surface area contributed by atoms with Gasteiger partial charge in [-0.2, -0.15) is 5.10 Å². The van der Waals surface area contributed by atoms with E-state index in [2.05, 4.69) is 38.5 Å². The molecular formula is C31H40N6O3. The van der Waals surface area contributed by atoms with Crippen molar-refractivity contribution < 1.29 is 14.3 Å². The molecule has 2 saturated heterocycles. The molecule has 4 heterocycles. The lowest BCUT2D eigenvalue weighted by molar-refractivity contribution is -0.137. The Labute approximate surface area is 235 Å². The molecule has 2 aliphatic heterocycles. The van der Waals surface area contributed by atoms with Gasteiger partial charge in [0.1, 0.15) is 11.4 Å².